The Morgan fingerprint density at radius 1 is 1.38 bits per heavy atom. The van der Waals surface area contributed by atoms with Crippen LogP contribution in [0, 0.1) is 6.92 Å². The Balaban J connectivity index is 2.48. The first-order valence-electron chi connectivity index (χ1n) is 4.05. The second-order valence-electron chi connectivity index (χ2n) is 2.85. The number of pyridine rings is 1. The van der Waals surface area contributed by atoms with Gasteiger partial charge in [-0.25, -0.2) is 4.98 Å². The minimum absolute atomic E-state index is 0.730. The molecule has 0 amide bonds. The average molecular weight is 174 g/mol. The Morgan fingerprint density at radius 2 is 2.23 bits per heavy atom. The number of hydrogen-bond donors (Lipinski definition) is 0. The van der Waals surface area contributed by atoms with Crippen molar-refractivity contribution in [3.8, 4) is 11.4 Å². The highest BCUT2D eigenvalue weighted by atomic mass is 15.3. The number of rotatable bonds is 1. The van der Waals surface area contributed by atoms with Crippen LogP contribution in [-0.2, 0) is 7.05 Å². The Bertz CT molecular complexity index is 385. The Morgan fingerprint density at radius 3 is 2.77 bits per heavy atom. The molecule has 2 aromatic rings. The molecule has 0 unspecified atom stereocenters. The van der Waals surface area contributed by atoms with Gasteiger partial charge in [-0.3, -0.25) is 9.67 Å². The second kappa shape index (κ2) is 2.97. The van der Waals surface area contributed by atoms with Crippen molar-refractivity contribution in [2.75, 3.05) is 0 Å². The van der Waals surface area contributed by atoms with Gasteiger partial charge >= 0.3 is 0 Å². The molecule has 0 aliphatic carbocycles. The molecule has 66 valence electrons. The summed E-state index contributed by atoms with van der Waals surface area (Å²) in [6, 6.07) is 3.82. The molecule has 4 heteroatoms. The monoisotopic (exact) mass is 174 g/mol. The van der Waals surface area contributed by atoms with E-state index in [-0.39, 0.29) is 0 Å². The van der Waals surface area contributed by atoms with Gasteiger partial charge in [-0.05, 0) is 19.1 Å². The summed E-state index contributed by atoms with van der Waals surface area (Å²) in [6.07, 6.45) is 3.49. The standard InChI is InChI=1S/C9H10N4/c1-7-11-9(12-13(7)2)8-4-3-5-10-6-8/h3-6H,1-2H3. The van der Waals surface area contributed by atoms with E-state index < -0.39 is 0 Å². The minimum atomic E-state index is 0.730. The van der Waals surface area contributed by atoms with Gasteiger partial charge in [0.1, 0.15) is 5.82 Å². The number of nitrogens with zero attached hydrogens (tertiary/aromatic N) is 4. The van der Waals surface area contributed by atoms with E-state index in [1.165, 1.54) is 0 Å². The predicted octanol–water partition coefficient (Wildman–Crippen LogP) is 1.19. The number of hydrogen-bond acceptors (Lipinski definition) is 3. The SMILES string of the molecule is Cc1nc(-c2cccnc2)nn1C. The van der Waals surface area contributed by atoms with Crippen molar-refractivity contribution in [1.82, 2.24) is 19.7 Å². The molecule has 0 saturated heterocycles. The lowest BCUT2D eigenvalue weighted by Crippen LogP contribution is -1.92. The molecule has 0 bridgehead atoms. The molecule has 0 radical (unpaired) electrons. The van der Waals surface area contributed by atoms with Crippen LogP contribution in [0.2, 0.25) is 0 Å². The summed E-state index contributed by atoms with van der Waals surface area (Å²) in [7, 11) is 1.88. The fourth-order valence-corrected chi connectivity index (χ4v) is 1.08. The lowest BCUT2D eigenvalue weighted by Gasteiger charge is -1.90. The van der Waals surface area contributed by atoms with Gasteiger partial charge in [0.25, 0.3) is 0 Å². The number of aryl methyl sites for hydroxylation is 2. The molecular formula is C9H10N4. The summed E-state index contributed by atoms with van der Waals surface area (Å²) in [6.45, 7) is 1.92. The molecule has 2 rings (SSSR count). The third-order valence-corrected chi connectivity index (χ3v) is 1.90. The molecule has 0 aromatic carbocycles. The zero-order valence-electron chi connectivity index (χ0n) is 7.60. The maximum absolute atomic E-state index is 4.29. The van der Waals surface area contributed by atoms with Crippen LogP contribution in [0.3, 0.4) is 0 Å². The van der Waals surface area contributed by atoms with Crippen LogP contribution in [0.4, 0.5) is 0 Å². The molecule has 0 aliphatic heterocycles. The molecule has 0 aliphatic rings. The van der Waals surface area contributed by atoms with E-state index in [9.17, 15) is 0 Å². The molecule has 2 heterocycles. The molecule has 0 N–H and O–H groups in total. The van der Waals surface area contributed by atoms with Crippen molar-refractivity contribution in [3.63, 3.8) is 0 Å². The molecule has 0 spiro atoms. The third kappa shape index (κ3) is 1.42. The fourth-order valence-electron chi connectivity index (χ4n) is 1.08. The van der Waals surface area contributed by atoms with Crippen molar-refractivity contribution in [3.05, 3.63) is 30.4 Å². The summed E-state index contributed by atoms with van der Waals surface area (Å²) in [5.74, 6) is 1.63. The van der Waals surface area contributed by atoms with E-state index >= 15 is 0 Å². The maximum Gasteiger partial charge on any atom is 0.182 e. The quantitative estimate of drug-likeness (QED) is 0.652. The van der Waals surface area contributed by atoms with Crippen molar-refractivity contribution in [2.24, 2.45) is 7.05 Å². The van der Waals surface area contributed by atoms with E-state index in [2.05, 4.69) is 15.1 Å². The Kier molecular flexibility index (Phi) is 1.81. The molecule has 2 aromatic heterocycles. The van der Waals surface area contributed by atoms with Crippen molar-refractivity contribution < 1.29 is 0 Å². The van der Waals surface area contributed by atoms with E-state index in [4.69, 9.17) is 0 Å². The van der Waals surface area contributed by atoms with Gasteiger partial charge in [0, 0.05) is 25.0 Å². The van der Waals surface area contributed by atoms with Gasteiger partial charge in [-0.1, -0.05) is 0 Å². The minimum Gasteiger partial charge on any atom is -0.264 e. The molecule has 4 nitrogen and oxygen atoms in total. The summed E-state index contributed by atoms with van der Waals surface area (Å²) in [5.41, 5.74) is 0.950. The second-order valence-corrected chi connectivity index (χ2v) is 2.85. The zero-order valence-corrected chi connectivity index (χ0v) is 7.60. The van der Waals surface area contributed by atoms with Crippen LogP contribution in [-0.4, -0.2) is 19.7 Å². The summed E-state index contributed by atoms with van der Waals surface area (Å²) < 4.78 is 1.75. The Hall–Kier alpha value is -1.71. The summed E-state index contributed by atoms with van der Waals surface area (Å²) >= 11 is 0. The molecule has 0 atom stereocenters. The maximum atomic E-state index is 4.29. The van der Waals surface area contributed by atoms with Gasteiger partial charge in [0.15, 0.2) is 5.82 Å². The highest BCUT2D eigenvalue weighted by molar-refractivity contribution is 5.52. The molecule has 0 fully saturated rings. The average Bonchev–Trinajstić information content (AvgIpc) is 2.49. The first-order chi connectivity index (χ1) is 6.27. The van der Waals surface area contributed by atoms with Gasteiger partial charge in [0.05, 0.1) is 0 Å². The highest BCUT2D eigenvalue weighted by Gasteiger charge is 2.04. The van der Waals surface area contributed by atoms with Gasteiger partial charge in [0.2, 0.25) is 0 Å². The fraction of sp³-hybridized carbons (Fsp3) is 0.222. The van der Waals surface area contributed by atoms with E-state index in [1.807, 2.05) is 26.1 Å². The van der Waals surface area contributed by atoms with Crippen LogP contribution >= 0.6 is 0 Å². The normalized spacial score (nSPS) is 10.3. The molecule has 13 heavy (non-hydrogen) atoms. The topological polar surface area (TPSA) is 43.6 Å². The van der Waals surface area contributed by atoms with Gasteiger partial charge in [-0.15, -0.1) is 0 Å². The third-order valence-electron chi connectivity index (χ3n) is 1.90. The van der Waals surface area contributed by atoms with E-state index in [0.29, 0.717) is 0 Å². The van der Waals surface area contributed by atoms with Crippen molar-refractivity contribution in [2.45, 2.75) is 6.92 Å². The van der Waals surface area contributed by atoms with Crippen LogP contribution in [0.5, 0.6) is 0 Å². The van der Waals surface area contributed by atoms with Crippen LogP contribution in [0.25, 0.3) is 11.4 Å². The first kappa shape index (κ1) is 7.91. The largest absolute Gasteiger partial charge is 0.264 e. The lowest BCUT2D eigenvalue weighted by atomic mass is 10.3. The summed E-state index contributed by atoms with van der Waals surface area (Å²) in [4.78, 5) is 8.30. The van der Waals surface area contributed by atoms with E-state index in [0.717, 1.165) is 17.2 Å². The van der Waals surface area contributed by atoms with Crippen LogP contribution in [0.15, 0.2) is 24.5 Å². The lowest BCUT2D eigenvalue weighted by molar-refractivity contribution is 0.736. The summed E-state index contributed by atoms with van der Waals surface area (Å²) in [5, 5.41) is 4.25. The first-order valence-corrected chi connectivity index (χ1v) is 4.05. The highest BCUT2D eigenvalue weighted by Crippen LogP contribution is 2.12. The van der Waals surface area contributed by atoms with Crippen LogP contribution in [0.1, 0.15) is 5.82 Å². The number of aromatic nitrogens is 4. The predicted molar refractivity (Wildman–Crippen MR) is 49.0 cm³/mol. The van der Waals surface area contributed by atoms with Crippen LogP contribution < -0.4 is 0 Å². The van der Waals surface area contributed by atoms with Crippen molar-refractivity contribution in [1.29, 1.82) is 0 Å². The smallest absolute Gasteiger partial charge is 0.182 e. The van der Waals surface area contributed by atoms with Gasteiger partial charge < -0.3 is 0 Å². The zero-order chi connectivity index (χ0) is 9.26. The van der Waals surface area contributed by atoms with Crippen molar-refractivity contribution >= 4 is 0 Å². The van der Waals surface area contributed by atoms with E-state index in [1.54, 1.807) is 17.1 Å². The Labute approximate surface area is 76.3 Å². The molecule has 0 saturated carbocycles. The molecular weight excluding hydrogens is 164 g/mol. The van der Waals surface area contributed by atoms with Gasteiger partial charge in [-0.2, -0.15) is 5.10 Å².